The number of carboxylic acids is 1. The predicted octanol–water partition coefficient (Wildman–Crippen LogP) is 7.02. The van der Waals surface area contributed by atoms with Gasteiger partial charge < -0.3 is 39.9 Å². The second-order valence-corrected chi connectivity index (χ2v) is 20.5. The maximum absolute atomic E-state index is 13.5. The van der Waals surface area contributed by atoms with E-state index in [0.717, 1.165) is 44.9 Å². The lowest BCUT2D eigenvalue weighted by Gasteiger charge is -2.39. The molecule has 4 fully saturated rings. The van der Waals surface area contributed by atoms with Crippen LogP contribution in [0.5, 0.6) is 0 Å². The molecule has 17 nitrogen and oxygen atoms in total. The third-order valence-electron chi connectivity index (χ3n) is 15.4. The van der Waals surface area contributed by atoms with E-state index in [1.165, 1.54) is 55.3 Å². The molecule has 73 heavy (non-hydrogen) atoms. The van der Waals surface area contributed by atoms with Gasteiger partial charge in [-0.1, -0.05) is 116 Å². The summed E-state index contributed by atoms with van der Waals surface area (Å²) in [6.45, 7) is 18.7. The molecule has 414 valence electrons. The summed E-state index contributed by atoms with van der Waals surface area (Å²) in [5.74, 6) is -1.46. The minimum absolute atomic E-state index is 0.00473. The summed E-state index contributed by atoms with van der Waals surface area (Å²) in [4.78, 5) is 104. The van der Waals surface area contributed by atoms with E-state index in [9.17, 15) is 38.4 Å². The Balaban J connectivity index is 0.000000429. The number of imide groups is 1. The Labute approximate surface area is 437 Å². The van der Waals surface area contributed by atoms with E-state index in [4.69, 9.17) is 14.6 Å². The van der Waals surface area contributed by atoms with Crippen molar-refractivity contribution >= 4 is 47.8 Å². The van der Waals surface area contributed by atoms with Crippen molar-refractivity contribution in [1.82, 2.24) is 30.2 Å². The van der Waals surface area contributed by atoms with E-state index in [-0.39, 0.29) is 54.5 Å². The summed E-state index contributed by atoms with van der Waals surface area (Å²) in [5.41, 5.74) is 1.32. The van der Waals surface area contributed by atoms with Crippen LogP contribution in [0.25, 0.3) is 0 Å². The van der Waals surface area contributed by atoms with E-state index < -0.39 is 42.6 Å². The van der Waals surface area contributed by atoms with Crippen molar-refractivity contribution in [3.05, 3.63) is 35.9 Å². The number of carbonyl (C=O) groups excluding carboxylic acids is 7. The molecular weight excluding hydrogens is 933 g/mol. The predicted molar refractivity (Wildman–Crippen MR) is 283 cm³/mol. The van der Waals surface area contributed by atoms with E-state index in [2.05, 4.69) is 69.2 Å². The minimum Gasteiger partial charge on any atom is -0.480 e. The van der Waals surface area contributed by atoms with E-state index in [1.807, 2.05) is 32.0 Å². The van der Waals surface area contributed by atoms with Crippen molar-refractivity contribution < 1.29 is 52.9 Å². The minimum atomic E-state index is -1.14. The fourth-order valence-electron chi connectivity index (χ4n) is 11.1. The number of unbranched alkanes of at least 4 members (excludes halogenated alkanes) is 2. The van der Waals surface area contributed by atoms with Crippen LogP contribution in [0.1, 0.15) is 157 Å². The molecule has 0 aromatic heterocycles. The van der Waals surface area contributed by atoms with Gasteiger partial charge >= 0.3 is 5.97 Å². The van der Waals surface area contributed by atoms with Crippen LogP contribution >= 0.6 is 0 Å². The lowest BCUT2D eigenvalue weighted by molar-refractivity contribution is -0.146. The number of piperidine rings is 1. The van der Waals surface area contributed by atoms with Crippen molar-refractivity contribution in [2.75, 3.05) is 47.4 Å². The number of benzene rings is 1. The van der Waals surface area contributed by atoms with Crippen molar-refractivity contribution in [3.8, 4) is 0 Å². The molecule has 5 rings (SSSR count). The molecule has 4 aliphatic rings. The second kappa shape index (κ2) is 33.8. The molecule has 3 saturated heterocycles. The molecule has 2 bridgehead atoms. The van der Waals surface area contributed by atoms with Gasteiger partial charge in [-0.3, -0.25) is 43.3 Å². The lowest BCUT2D eigenvalue weighted by atomic mass is 9.87. The molecule has 1 saturated carbocycles. The number of ether oxygens (including phenoxy) is 2. The van der Waals surface area contributed by atoms with Gasteiger partial charge in [0.05, 0.1) is 49.1 Å². The average Bonchev–Trinajstić information content (AvgIpc) is 4.18. The first-order chi connectivity index (χ1) is 34.8. The summed E-state index contributed by atoms with van der Waals surface area (Å²) in [5, 5.41) is 13.6. The van der Waals surface area contributed by atoms with Gasteiger partial charge in [0, 0.05) is 59.3 Å². The lowest BCUT2D eigenvalue weighted by Crippen LogP contribution is -2.54. The fraction of sp³-hybridized carbons (Fsp3) is 0.750. The van der Waals surface area contributed by atoms with Crippen LogP contribution in [0, 0.1) is 36.5 Å². The number of carbonyl (C=O) groups is 8. The number of carboxylic acid groups (broad SMARTS) is 1. The van der Waals surface area contributed by atoms with Crippen LogP contribution in [-0.4, -0.2) is 156 Å². The maximum Gasteiger partial charge on any atom is 0.322 e. The number of likely N-dealkylation sites (tertiary alicyclic amines) is 3. The van der Waals surface area contributed by atoms with Gasteiger partial charge in [-0.05, 0) is 76.5 Å². The third-order valence-corrected chi connectivity index (χ3v) is 15.4. The van der Waals surface area contributed by atoms with Crippen molar-refractivity contribution in [2.45, 2.75) is 195 Å². The number of aryl methyl sites for hydroxylation is 1. The van der Waals surface area contributed by atoms with E-state index in [1.54, 1.807) is 18.9 Å². The molecule has 1 aliphatic carbocycles. The van der Waals surface area contributed by atoms with Gasteiger partial charge in [0.25, 0.3) is 0 Å². The summed E-state index contributed by atoms with van der Waals surface area (Å²) < 4.78 is 11.3. The Bertz CT molecular complexity index is 1860. The highest BCUT2D eigenvalue weighted by atomic mass is 16.5. The zero-order valence-electron chi connectivity index (χ0n) is 46.6. The van der Waals surface area contributed by atoms with Crippen molar-refractivity contribution in [3.63, 3.8) is 0 Å². The van der Waals surface area contributed by atoms with Crippen molar-refractivity contribution in [2.24, 2.45) is 29.6 Å². The Kier molecular flexibility index (Phi) is 29.8. The molecule has 1 aromatic carbocycles. The Morgan fingerprint density at radius 1 is 0.890 bits per heavy atom. The molecule has 1 aromatic rings. The van der Waals surface area contributed by atoms with Gasteiger partial charge in [0.2, 0.25) is 41.9 Å². The third kappa shape index (κ3) is 19.4. The van der Waals surface area contributed by atoms with Crippen LogP contribution in [0.3, 0.4) is 0 Å². The Morgan fingerprint density at radius 3 is 2.07 bits per heavy atom. The number of methoxy groups -OCH3 is 2. The van der Waals surface area contributed by atoms with Gasteiger partial charge in [0.15, 0.2) is 0 Å². The number of nitrogens with zero attached hydrogens (tertiary/aromatic N) is 4. The summed E-state index contributed by atoms with van der Waals surface area (Å²) in [7, 11) is 4.61. The number of amides is 7. The number of fused-ring (bicyclic) bond motifs is 2. The van der Waals surface area contributed by atoms with Crippen molar-refractivity contribution in [1.29, 1.82) is 0 Å². The monoisotopic (exact) mass is 1030 g/mol. The Morgan fingerprint density at radius 2 is 1.55 bits per heavy atom. The largest absolute Gasteiger partial charge is 0.480 e. The van der Waals surface area contributed by atoms with Gasteiger partial charge in [-0.2, -0.15) is 0 Å². The molecular formula is C56H94N6O11. The number of aliphatic carboxylic acids is 1. The van der Waals surface area contributed by atoms with Gasteiger partial charge in [-0.25, -0.2) is 0 Å². The second-order valence-electron chi connectivity index (χ2n) is 20.5. The Hall–Kier alpha value is -4.90. The topological polar surface area (TPSA) is 212 Å². The fourth-order valence-corrected chi connectivity index (χ4v) is 11.1. The molecule has 3 heterocycles. The highest BCUT2D eigenvalue weighted by Crippen LogP contribution is 2.42. The van der Waals surface area contributed by atoms with E-state index >= 15 is 0 Å². The standard InChI is InChI=1S/C24H42N4O8.C22H36N2O3.C7H8.C3H8/c1-7-15(2)22(27(4)20(31)12-25-14-29)18(35-5)11-19(30)28-10-8-9-17(28)23(36-6)16(3)24(34)26-13-21(32)33;1-4-16(5-2)19-14-21(26)23(22(19)27)12-8-6-7-9-20(25)24-15(3)17-10-11-18(24)13-17;1-7-5-3-2-4-6-7;1-3-2/h14-18,22-23H,7-13H2,1-6H3,(H,25,29)(H,26,34)(H,32,33);15-19H,4-14H2,1-3H3;2-6H,1H3;3H2,1-2H3. The normalized spacial score (nSPS) is 21.9. The first kappa shape index (κ1) is 64.2. The summed E-state index contributed by atoms with van der Waals surface area (Å²) in [6, 6.07) is 10.4. The SMILES string of the molecule is CCC.CCC(C)C(C(CC(=O)N1CCCC1C(OC)C(C)C(=O)NCC(=O)O)OC)N(C)C(=O)CNC=O.CCC(CC)C1CC(=O)N(CCCCCC(=O)N2C3CCC(C3)C2C)C1=O.Cc1ccccc1. The zero-order chi connectivity index (χ0) is 54.8. The zero-order valence-corrected chi connectivity index (χ0v) is 46.6. The van der Waals surface area contributed by atoms with Crippen LogP contribution in [0.4, 0.5) is 0 Å². The molecule has 3 N–H and O–H groups in total. The molecule has 10 atom stereocenters. The first-order valence-corrected chi connectivity index (χ1v) is 27.3. The number of likely N-dealkylation sites (N-methyl/N-ethyl adjacent to an activating group) is 1. The maximum atomic E-state index is 13.5. The quantitative estimate of drug-likeness (QED) is 0.0514. The van der Waals surface area contributed by atoms with Crippen LogP contribution in [0.2, 0.25) is 0 Å². The number of hydrogen-bond acceptors (Lipinski definition) is 10. The smallest absolute Gasteiger partial charge is 0.322 e. The number of rotatable bonds is 25. The molecule has 10 unspecified atom stereocenters. The molecule has 0 radical (unpaired) electrons. The summed E-state index contributed by atoms with van der Waals surface area (Å²) in [6.07, 6.45) is 11.8. The molecule has 0 spiro atoms. The number of nitrogens with one attached hydrogen (secondary N) is 2. The molecule has 17 heteroatoms. The highest BCUT2D eigenvalue weighted by molar-refractivity contribution is 6.03. The van der Waals surface area contributed by atoms with E-state index in [0.29, 0.717) is 68.6 Å². The van der Waals surface area contributed by atoms with Gasteiger partial charge in [0.1, 0.15) is 6.54 Å². The summed E-state index contributed by atoms with van der Waals surface area (Å²) >= 11 is 0. The average molecular weight is 1030 g/mol. The van der Waals surface area contributed by atoms with Gasteiger partial charge in [-0.15, -0.1) is 0 Å². The van der Waals surface area contributed by atoms with Crippen LogP contribution in [0.15, 0.2) is 30.3 Å². The van der Waals surface area contributed by atoms with Crippen LogP contribution < -0.4 is 10.6 Å². The number of hydrogen-bond donors (Lipinski definition) is 3. The first-order valence-electron chi connectivity index (χ1n) is 27.3. The van der Waals surface area contributed by atoms with Crippen LogP contribution in [-0.2, 0) is 47.8 Å². The highest BCUT2D eigenvalue weighted by Gasteiger charge is 2.46. The molecule has 7 amide bonds. The molecule has 3 aliphatic heterocycles.